The average molecular weight is 361 g/mol. The van der Waals surface area contributed by atoms with Crippen LogP contribution in [0.15, 0.2) is 9.73 Å². The number of nitrogen functional groups attached to an aromatic ring is 1. The minimum Gasteiger partial charge on any atom is -0.378 e. The fourth-order valence-corrected chi connectivity index (χ4v) is 2.96. The lowest BCUT2D eigenvalue weighted by molar-refractivity contribution is 0.0948. The number of carbonyl (C=O) groups is 1. The topological polar surface area (TPSA) is 140 Å². The minimum atomic E-state index is -0.435. The summed E-state index contributed by atoms with van der Waals surface area (Å²) in [5.41, 5.74) is 8.94. The highest BCUT2D eigenvalue weighted by Crippen LogP contribution is 2.21. The van der Waals surface area contributed by atoms with Crippen LogP contribution in [-0.2, 0) is 6.54 Å². The smallest absolute Gasteiger partial charge is 0.293 e. The Labute approximate surface area is 150 Å². The molecule has 11 heteroatoms. The van der Waals surface area contributed by atoms with Crippen LogP contribution in [0.4, 0.5) is 5.82 Å². The molecule has 0 aromatic carbocycles. The van der Waals surface area contributed by atoms with Crippen molar-refractivity contribution in [3.8, 4) is 5.82 Å². The highest BCUT2D eigenvalue weighted by Gasteiger charge is 2.24. The van der Waals surface area contributed by atoms with Gasteiger partial charge in [-0.05, 0) is 43.2 Å². The molecule has 1 aliphatic carbocycles. The molecule has 0 unspecified atom stereocenters. The highest BCUT2D eigenvalue weighted by molar-refractivity contribution is 5.93. The van der Waals surface area contributed by atoms with Gasteiger partial charge in [0.05, 0.1) is 5.69 Å². The molecule has 3 rings (SSSR count). The summed E-state index contributed by atoms with van der Waals surface area (Å²) in [6, 6.07) is 0. The van der Waals surface area contributed by atoms with Crippen LogP contribution in [0.25, 0.3) is 5.82 Å². The van der Waals surface area contributed by atoms with Crippen molar-refractivity contribution >= 4 is 17.9 Å². The molecule has 11 nitrogen and oxygen atoms in total. The molecule has 0 aliphatic heterocycles. The van der Waals surface area contributed by atoms with Crippen LogP contribution in [0.1, 0.15) is 48.3 Å². The standard InChI is InChI=1S/C15H23N9O2/c1-23(2)9-11-12(18-22-24(11)14-13(16)20-26-21-14)15(25)19-17-8-10-6-4-3-5-7-10/h8,10H,3-7,9H2,1-2H3,(H2,16,20)(H,19,25)/b17-8+. The number of nitrogens with zero attached hydrogens (tertiary/aromatic N) is 7. The monoisotopic (exact) mass is 361 g/mol. The molecule has 0 spiro atoms. The zero-order chi connectivity index (χ0) is 18.5. The Kier molecular flexibility index (Phi) is 5.56. The van der Waals surface area contributed by atoms with Crippen LogP contribution in [-0.4, -0.2) is 56.4 Å². The van der Waals surface area contributed by atoms with Crippen molar-refractivity contribution in [3.63, 3.8) is 0 Å². The average Bonchev–Trinajstić information content (AvgIpc) is 3.21. The van der Waals surface area contributed by atoms with Crippen molar-refractivity contribution in [1.29, 1.82) is 0 Å². The van der Waals surface area contributed by atoms with E-state index in [0.717, 1.165) is 12.8 Å². The van der Waals surface area contributed by atoms with Crippen LogP contribution in [0.2, 0.25) is 0 Å². The first-order valence-electron chi connectivity index (χ1n) is 8.57. The zero-order valence-electron chi connectivity index (χ0n) is 14.9. The maximum absolute atomic E-state index is 12.5. The normalized spacial score (nSPS) is 15.8. The van der Waals surface area contributed by atoms with Crippen molar-refractivity contribution in [3.05, 3.63) is 11.4 Å². The van der Waals surface area contributed by atoms with Gasteiger partial charge in [0.2, 0.25) is 11.6 Å². The number of nitrogens with two attached hydrogens (primary N) is 1. The van der Waals surface area contributed by atoms with E-state index in [2.05, 4.69) is 35.8 Å². The van der Waals surface area contributed by atoms with Gasteiger partial charge >= 0.3 is 0 Å². The molecule has 1 fully saturated rings. The van der Waals surface area contributed by atoms with Gasteiger partial charge in [0, 0.05) is 12.8 Å². The molecular formula is C15H23N9O2. The first-order chi connectivity index (χ1) is 12.6. The van der Waals surface area contributed by atoms with Gasteiger partial charge in [-0.25, -0.2) is 10.1 Å². The van der Waals surface area contributed by atoms with Gasteiger partial charge in [0.25, 0.3) is 5.91 Å². The maximum atomic E-state index is 12.5. The molecule has 0 bridgehead atoms. The Morgan fingerprint density at radius 2 is 2.15 bits per heavy atom. The van der Waals surface area contributed by atoms with E-state index in [1.165, 1.54) is 23.9 Å². The summed E-state index contributed by atoms with van der Waals surface area (Å²) in [5.74, 6) is 0.244. The molecule has 140 valence electrons. The molecule has 26 heavy (non-hydrogen) atoms. The molecule has 1 aliphatic rings. The molecule has 1 amide bonds. The lowest BCUT2D eigenvalue weighted by atomic mass is 9.90. The van der Waals surface area contributed by atoms with E-state index in [9.17, 15) is 4.79 Å². The van der Waals surface area contributed by atoms with E-state index in [0.29, 0.717) is 18.2 Å². The Bertz CT molecular complexity index is 774. The first kappa shape index (κ1) is 18.0. The van der Waals surface area contributed by atoms with Crippen molar-refractivity contribution < 1.29 is 9.42 Å². The van der Waals surface area contributed by atoms with Gasteiger partial charge in [-0.2, -0.15) is 9.78 Å². The van der Waals surface area contributed by atoms with Crippen molar-refractivity contribution in [1.82, 2.24) is 35.6 Å². The van der Waals surface area contributed by atoms with E-state index in [1.807, 2.05) is 25.2 Å². The molecule has 2 heterocycles. The Balaban J connectivity index is 1.77. The number of hydrogen-bond donors (Lipinski definition) is 2. The number of anilines is 1. The van der Waals surface area contributed by atoms with E-state index in [4.69, 9.17) is 5.73 Å². The third-order valence-corrected chi connectivity index (χ3v) is 4.24. The fraction of sp³-hybridized carbons (Fsp3) is 0.600. The number of amides is 1. The van der Waals surface area contributed by atoms with E-state index in [1.54, 1.807) is 0 Å². The number of hydrazone groups is 1. The second-order valence-electron chi connectivity index (χ2n) is 6.62. The van der Waals surface area contributed by atoms with Crippen LogP contribution < -0.4 is 11.2 Å². The van der Waals surface area contributed by atoms with Crippen molar-refractivity contribution in [2.75, 3.05) is 19.8 Å². The molecule has 2 aromatic heterocycles. The fourth-order valence-electron chi connectivity index (χ4n) is 2.96. The molecule has 0 saturated heterocycles. The summed E-state index contributed by atoms with van der Waals surface area (Å²) in [6.07, 6.45) is 7.72. The predicted octanol–water partition coefficient (Wildman–Crippen LogP) is 0.590. The maximum Gasteiger partial charge on any atom is 0.293 e. The third kappa shape index (κ3) is 4.04. The van der Waals surface area contributed by atoms with Gasteiger partial charge in [-0.15, -0.1) is 5.10 Å². The predicted molar refractivity (Wildman–Crippen MR) is 93.6 cm³/mol. The largest absolute Gasteiger partial charge is 0.378 e. The number of hydrogen-bond acceptors (Lipinski definition) is 9. The van der Waals surface area contributed by atoms with E-state index in [-0.39, 0.29) is 17.3 Å². The number of nitrogens with one attached hydrogen (secondary N) is 1. The van der Waals surface area contributed by atoms with Crippen molar-refractivity contribution in [2.45, 2.75) is 38.6 Å². The van der Waals surface area contributed by atoms with Crippen LogP contribution in [0.3, 0.4) is 0 Å². The SMILES string of the molecule is CN(C)Cc1c(C(=O)N/N=C/C2CCCCC2)nnn1-c1nonc1N. The van der Waals surface area contributed by atoms with Gasteiger partial charge in [-0.1, -0.05) is 24.5 Å². The van der Waals surface area contributed by atoms with Crippen LogP contribution in [0, 0.1) is 5.92 Å². The van der Waals surface area contributed by atoms with Crippen molar-refractivity contribution in [2.24, 2.45) is 11.0 Å². The molecular weight excluding hydrogens is 338 g/mol. The van der Waals surface area contributed by atoms with Gasteiger partial charge in [-0.3, -0.25) is 4.79 Å². The summed E-state index contributed by atoms with van der Waals surface area (Å²) < 4.78 is 5.96. The molecule has 0 radical (unpaired) electrons. The quantitative estimate of drug-likeness (QED) is 0.562. The second kappa shape index (κ2) is 8.04. The first-order valence-corrected chi connectivity index (χ1v) is 8.57. The number of carbonyl (C=O) groups excluding carboxylic acids is 1. The summed E-state index contributed by atoms with van der Waals surface area (Å²) in [6.45, 7) is 0.397. The lowest BCUT2D eigenvalue weighted by Gasteiger charge is -2.16. The van der Waals surface area contributed by atoms with E-state index >= 15 is 0 Å². The van der Waals surface area contributed by atoms with E-state index < -0.39 is 5.91 Å². The Morgan fingerprint density at radius 3 is 2.81 bits per heavy atom. The summed E-state index contributed by atoms with van der Waals surface area (Å²) in [5, 5.41) is 19.3. The molecule has 3 N–H and O–H groups in total. The molecule has 0 atom stereocenters. The summed E-state index contributed by atoms with van der Waals surface area (Å²) in [7, 11) is 3.73. The summed E-state index contributed by atoms with van der Waals surface area (Å²) in [4.78, 5) is 14.4. The number of rotatable bonds is 6. The third-order valence-electron chi connectivity index (χ3n) is 4.24. The van der Waals surface area contributed by atoms with Crippen LogP contribution in [0.5, 0.6) is 0 Å². The highest BCUT2D eigenvalue weighted by atomic mass is 16.6. The summed E-state index contributed by atoms with van der Waals surface area (Å²) >= 11 is 0. The number of aromatic nitrogens is 5. The van der Waals surface area contributed by atoms with Gasteiger partial charge in [0.1, 0.15) is 0 Å². The second-order valence-corrected chi connectivity index (χ2v) is 6.62. The van der Waals surface area contributed by atoms with Crippen LogP contribution >= 0.6 is 0 Å². The Hall–Kier alpha value is -2.82. The zero-order valence-corrected chi connectivity index (χ0v) is 14.9. The van der Waals surface area contributed by atoms with Gasteiger partial charge in [0.15, 0.2) is 5.69 Å². The molecule has 2 aromatic rings. The molecule has 1 saturated carbocycles. The minimum absolute atomic E-state index is 0.0668. The lowest BCUT2D eigenvalue weighted by Crippen LogP contribution is -2.23. The Morgan fingerprint density at radius 1 is 1.38 bits per heavy atom. The van der Waals surface area contributed by atoms with Gasteiger partial charge < -0.3 is 10.6 Å².